The van der Waals surface area contributed by atoms with Crippen molar-refractivity contribution in [2.24, 2.45) is 5.41 Å². The highest BCUT2D eigenvalue weighted by Crippen LogP contribution is 2.30. The molecule has 35 heavy (non-hydrogen) atoms. The first kappa shape index (κ1) is 27.0. The van der Waals surface area contributed by atoms with Crippen LogP contribution in [0.25, 0.3) is 12.2 Å². The molecule has 0 aromatic heterocycles. The first-order chi connectivity index (χ1) is 16.5. The Morgan fingerprint density at radius 1 is 0.657 bits per heavy atom. The Morgan fingerprint density at radius 2 is 1.03 bits per heavy atom. The van der Waals surface area contributed by atoms with Gasteiger partial charge in [-0.2, -0.15) is 0 Å². The molecular formula is C27H28O8. The topological polar surface area (TPSA) is 105 Å². The second kappa shape index (κ2) is 11.8. The summed E-state index contributed by atoms with van der Waals surface area (Å²) < 4.78 is 20.6. The van der Waals surface area contributed by atoms with Crippen molar-refractivity contribution in [1.29, 1.82) is 0 Å². The molecule has 8 heteroatoms. The van der Waals surface area contributed by atoms with Gasteiger partial charge in [0, 0.05) is 13.8 Å². The summed E-state index contributed by atoms with van der Waals surface area (Å²) in [6, 6.07) is 9.67. The lowest BCUT2D eigenvalue weighted by atomic mass is 9.82. The van der Waals surface area contributed by atoms with E-state index >= 15 is 0 Å². The molecule has 0 atom stereocenters. The molecule has 0 unspecified atom stereocenters. The second-order valence-corrected chi connectivity index (χ2v) is 8.03. The average molecular weight is 481 g/mol. The zero-order valence-corrected chi connectivity index (χ0v) is 20.5. The molecule has 0 aliphatic rings. The Bertz CT molecular complexity index is 1100. The summed E-state index contributed by atoms with van der Waals surface area (Å²) in [5.41, 5.74) is -0.0500. The Balaban J connectivity index is 2.15. The number of hydrogen-bond acceptors (Lipinski definition) is 8. The molecule has 0 fully saturated rings. The number of allylic oxidation sites excluding steroid dienone is 2. The van der Waals surface area contributed by atoms with Gasteiger partial charge in [-0.15, -0.1) is 0 Å². The third kappa shape index (κ3) is 7.40. The molecule has 0 spiro atoms. The van der Waals surface area contributed by atoms with Crippen molar-refractivity contribution < 1.29 is 38.1 Å². The van der Waals surface area contributed by atoms with Gasteiger partial charge < -0.3 is 18.9 Å². The summed E-state index contributed by atoms with van der Waals surface area (Å²) in [4.78, 5) is 48.0. The van der Waals surface area contributed by atoms with E-state index in [2.05, 4.69) is 0 Å². The van der Waals surface area contributed by atoms with Gasteiger partial charge in [-0.05, 0) is 61.4 Å². The minimum atomic E-state index is -1.31. The molecule has 2 rings (SSSR count). The van der Waals surface area contributed by atoms with Crippen LogP contribution < -0.4 is 18.9 Å². The van der Waals surface area contributed by atoms with E-state index in [1.807, 2.05) is 0 Å². The normalized spacial score (nSPS) is 11.4. The van der Waals surface area contributed by atoms with E-state index in [1.54, 1.807) is 62.4 Å². The van der Waals surface area contributed by atoms with E-state index in [1.165, 1.54) is 40.2 Å². The summed E-state index contributed by atoms with van der Waals surface area (Å²) in [5, 5.41) is 0. The van der Waals surface area contributed by atoms with Crippen molar-refractivity contribution in [3.05, 3.63) is 59.7 Å². The smallest absolute Gasteiger partial charge is 0.308 e. The number of ether oxygens (including phenoxy) is 4. The minimum absolute atomic E-state index is 0.265. The lowest BCUT2D eigenvalue weighted by Gasteiger charge is -2.17. The summed E-state index contributed by atoms with van der Waals surface area (Å²) in [6.45, 7) is 5.66. The van der Waals surface area contributed by atoms with Gasteiger partial charge in [-0.3, -0.25) is 19.2 Å². The second-order valence-electron chi connectivity index (χ2n) is 8.03. The fourth-order valence-electron chi connectivity index (χ4n) is 2.94. The van der Waals surface area contributed by atoms with Gasteiger partial charge in [-0.25, -0.2) is 0 Å². The number of carbonyl (C=O) groups excluding carboxylic acids is 4. The molecule has 2 aromatic carbocycles. The Morgan fingerprint density at radius 3 is 1.34 bits per heavy atom. The number of carbonyl (C=O) groups is 4. The molecule has 0 saturated carbocycles. The minimum Gasteiger partial charge on any atom is -0.493 e. The van der Waals surface area contributed by atoms with Crippen LogP contribution in [0.5, 0.6) is 23.0 Å². The van der Waals surface area contributed by atoms with Crippen molar-refractivity contribution >= 4 is 35.7 Å². The van der Waals surface area contributed by atoms with Crippen LogP contribution in [0.2, 0.25) is 0 Å². The van der Waals surface area contributed by atoms with Crippen molar-refractivity contribution in [3.63, 3.8) is 0 Å². The molecule has 2 aromatic rings. The molecule has 0 radical (unpaired) electrons. The molecule has 184 valence electrons. The van der Waals surface area contributed by atoms with Crippen LogP contribution in [-0.4, -0.2) is 37.7 Å². The summed E-state index contributed by atoms with van der Waals surface area (Å²) in [5.74, 6) is -0.534. The van der Waals surface area contributed by atoms with Crippen LogP contribution >= 0.6 is 0 Å². The average Bonchev–Trinajstić information content (AvgIpc) is 2.81. The van der Waals surface area contributed by atoms with Gasteiger partial charge in [0.05, 0.1) is 19.6 Å². The van der Waals surface area contributed by atoms with Gasteiger partial charge in [0.25, 0.3) is 0 Å². The van der Waals surface area contributed by atoms with Crippen LogP contribution in [0.3, 0.4) is 0 Å². The molecule has 8 nitrogen and oxygen atoms in total. The van der Waals surface area contributed by atoms with Crippen molar-refractivity contribution in [2.45, 2.75) is 27.7 Å². The highest BCUT2D eigenvalue weighted by Gasteiger charge is 2.32. The Labute approximate surface area is 204 Å². The Kier molecular flexibility index (Phi) is 9.11. The Hall–Kier alpha value is -4.20. The highest BCUT2D eigenvalue weighted by atomic mass is 16.6. The zero-order valence-electron chi connectivity index (χ0n) is 20.5. The molecule has 0 aliphatic carbocycles. The first-order valence-electron chi connectivity index (χ1n) is 10.7. The van der Waals surface area contributed by atoms with Gasteiger partial charge in [-0.1, -0.05) is 24.3 Å². The van der Waals surface area contributed by atoms with Gasteiger partial charge in [0.15, 0.2) is 34.6 Å². The molecule has 0 aliphatic heterocycles. The summed E-state index contributed by atoms with van der Waals surface area (Å²) in [7, 11) is 2.88. The molecule has 0 bridgehead atoms. The lowest BCUT2D eigenvalue weighted by Crippen LogP contribution is -2.30. The van der Waals surface area contributed by atoms with E-state index in [-0.39, 0.29) is 11.5 Å². The fourth-order valence-corrected chi connectivity index (χ4v) is 2.94. The molecular weight excluding hydrogens is 452 g/mol. The van der Waals surface area contributed by atoms with Crippen LogP contribution in [0, 0.1) is 5.41 Å². The summed E-state index contributed by atoms with van der Waals surface area (Å²) in [6.07, 6.45) is 5.76. The van der Waals surface area contributed by atoms with Crippen LogP contribution in [0.15, 0.2) is 48.6 Å². The number of benzene rings is 2. The lowest BCUT2D eigenvalue weighted by molar-refractivity contribution is -0.133. The van der Waals surface area contributed by atoms with Gasteiger partial charge in [0.1, 0.15) is 0 Å². The summed E-state index contributed by atoms with van der Waals surface area (Å²) >= 11 is 0. The van der Waals surface area contributed by atoms with Gasteiger partial charge >= 0.3 is 11.9 Å². The first-order valence-corrected chi connectivity index (χ1v) is 10.7. The predicted molar refractivity (Wildman–Crippen MR) is 130 cm³/mol. The van der Waals surface area contributed by atoms with Crippen LogP contribution in [-0.2, 0) is 19.2 Å². The molecule has 0 heterocycles. The third-order valence-electron chi connectivity index (χ3n) is 4.97. The van der Waals surface area contributed by atoms with Crippen LogP contribution in [0.4, 0.5) is 0 Å². The van der Waals surface area contributed by atoms with Crippen LogP contribution in [0.1, 0.15) is 38.8 Å². The van der Waals surface area contributed by atoms with Gasteiger partial charge in [0.2, 0.25) is 0 Å². The highest BCUT2D eigenvalue weighted by molar-refractivity contribution is 6.16. The zero-order chi connectivity index (χ0) is 26.2. The number of rotatable bonds is 10. The quantitative estimate of drug-likeness (QED) is 0.213. The maximum atomic E-state index is 12.8. The standard InChI is InChI=1S/C27H28O8/c1-17(28)34-21-11-7-19(15-23(21)32-5)9-13-25(30)27(3,4)26(31)14-10-20-8-12-22(35-18(2)29)24(16-20)33-6/h7-16H,1-6H3. The predicted octanol–water partition coefficient (Wildman–Crippen LogP) is 4.45. The van der Waals surface area contributed by atoms with Crippen molar-refractivity contribution in [1.82, 2.24) is 0 Å². The van der Waals surface area contributed by atoms with Crippen molar-refractivity contribution in [3.8, 4) is 23.0 Å². The number of methoxy groups -OCH3 is 2. The van der Waals surface area contributed by atoms with E-state index in [9.17, 15) is 19.2 Å². The number of esters is 2. The van der Waals surface area contributed by atoms with Crippen molar-refractivity contribution in [2.75, 3.05) is 14.2 Å². The maximum absolute atomic E-state index is 12.8. The van der Waals surface area contributed by atoms with E-state index < -0.39 is 28.9 Å². The number of ketones is 2. The third-order valence-corrected chi connectivity index (χ3v) is 4.97. The molecule has 0 N–H and O–H groups in total. The largest absolute Gasteiger partial charge is 0.493 e. The van der Waals surface area contributed by atoms with E-state index in [4.69, 9.17) is 18.9 Å². The van der Waals surface area contributed by atoms with E-state index in [0.717, 1.165) is 0 Å². The van der Waals surface area contributed by atoms with E-state index in [0.29, 0.717) is 22.6 Å². The number of hydrogen-bond donors (Lipinski definition) is 0. The fraction of sp³-hybridized carbons (Fsp3) is 0.259. The molecule has 0 saturated heterocycles. The monoisotopic (exact) mass is 480 g/mol. The molecule has 0 amide bonds. The SMILES string of the molecule is COc1cc(C=CC(=O)C(C)(C)C(=O)C=Cc2ccc(OC(C)=O)c(OC)c2)ccc1OC(C)=O. The maximum Gasteiger partial charge on any atom is 0.308 e.